The molecule has 6 heteroatoms. The highest BCUT2D eigenvalue weighted by molar-refractivity contribution is 5.70. The van der Waals surface area contributed by atoms with Crippen LogP contribution in [0.5, 0.6) is 11.5 Å². The Balaban J connectivity index is 1.94. The van der Waals surface area contributed by atoms with Gasteiger partial charge in [0.15, 0.2) is 0 Å². The molecule has 2 aromatic carbocycles. The van der Waals surface area contributed by atoms with Crippen molar-refractivity contribution in [1.82, 2.24) is 9.97 Å². The van der Waals surface area contributed by atoms with Crippen molar-refractivity contribution in [2.75, 3.05) is 31.4 Å². The first kappa shape index (κ1) is 19.5. The Morgan fingerprint density at radius 3 is 2.46 bits per heavy atom. The Labute approximate surface area is 166 Å². The zero-order valence-electron chi connectivity index (χ0n) is 16.5. The Kier molecular flexibility index (Phi) is 6.68. The maximum Gasteiger partial charge on any atom is 0.225 e. The van der Waals surface area contributed by atoms with Gasteiger partial charge in [0, 0.05) is 24.2 Å². The van der Waals surface area contributed by atoms with Crippen LogP contribution in [0.2, 0.25) is 0 Å². The van der Waals surface area contributed by atoms with Gasteiger partial charge in [0.05, 0.1) is 25.6 Å². The molecule has 28 heavy (non-hydrogen) atoms. The Bertz CT molecular complexity index is 900. The molecule has 0 radical (unpaired) electrons. The number of unbranched alkanes of at least 4 members (excludes halogenated alkanes) is 1. The first-order valence-corrected chi connectivity index (χ1v) is 9.41. The van der Waals surface area contributed by atoms with Gasteiger partial charge in [-0.3, -0.25) is 0 Å². The van der Waals surface area contributed by atoms with E-state index in [0.717, 1.165) is 42.1 Å². The van der Waals surface area contributed by atoms with Crippen LogP contribution in [0, 0.1) is 0 Å². The van der Waals surface area contributed by atoms with Crippen molar-refractivity contribution in [3.63, 3.8) is 0 Å². The van der Waals surface area contributed by atoms with E-state index in [1.165, 1.54) is 0 Å². The second-order valence-electron chi connectivity index (χ2n) is 6.30. The minimum Gasteiger partial charge on any atom is -0.497 e. The van der Waals surface area contributed by atoms with Crippen LogP contribution in [0.15, 0.2) is 54.6 Å². The van der Waals surface area contributed by atoms with Crippen molar-refractivity contribution in [2.45, 2.75) is 19.8 Å². The summed E-state index contributed by atoms with van der Waals surface area (Å²) in [6, 6.07) is 17.6. The van der Waals surface area contributed by atoms with Gasteiger partial charge in [0.2, 0.25) is 5.95 Å². The lowest BCUT2D eigenvalue weighted by Crippen LogP contribution is -2.07. The largest absolute Gasteiger partial charge is 0.497 e. The maximum absolute atomic E-state index is 5.48. The number of ether oxygens (including phenoxy) is 2. The third-order valence-corrected chi connectivity index (χ3v) is 4.28. The Morgan fingerprint density at radius 2 is 1.75 bits per heavy atom. The molecule has 146 valence electrons. The third kappa shape index (κ3) is 4.91. The predicted octanol–water partition coefficient (Wildman–Crippen LogP) is 5.12. The standard InChI is InChI=1S/C22H26N4O2/c1-4-5-13-23-22-25-19(16-9-7-6-8-10-16)15-21(26-22)24-18-12-11-17(27-2)14-20(18)28-3/h6-12,14-15H,4-5,13H2,1-3H3,(H2,23,24,25,26). The molecule has 0 saturated heterocycles. The molecule has 0 aliphatic heterocycles. The van der Waals surface area contributed by atoms with E-state index in [1.807, 2.05) is 54.6 Å². The van der Waals surface area contributed by atoms with E-state index in [0.29, 0.717) is 17.5 Å². The van der Waals surface area contributed by atoms with Gasteiger partial charge in [-0.25, -0.2) is 4.98 Å². The summed E-state index contributed by atoms with van der Waals surface area (Å²) in [4.78, 5) is 9.30. The fourth-order valence-corrected chi connectivity index (χ4v) is 2.76. The number of benzene rings is 2. The summed E-state index contributed by atoms with van der Waals surface area (Å²) < 4.78 is 10.8. The summed E-state index contributed by atoms with van der Waals surface area (Å²) in [6.45, 7) is 2.99. The molecule has 6 nitrogen and oxygen atoms in total. The molecule has 3 rings (SSSR count). The number of nitrogens with zero attached hydrogens (tertiary/aromatic N) is 2. The predicted molar refractivity (Wildman–Crippen MR) is 114 cm³/mol. The van der Waals surface area contributed by atoms with Gasteiger partial charge in [-0.2, -0.15) is 4.98 Å². The van der Waals surface area contributed by atoms with E-state index in [9.17, 15) is 0 Å². The highest BCUT2D eigenvalue weighted by Gasteiger charge is 2.10. The molecule has 0 aliphatic rings. The quantitative estimate of drug-likeness (QED) is 0.504. The monoisotopic (exact) mass is 378 g/mol. The maximum atomic E-state index is 5.48. The van der Waals surface area contributed by atoms with E-state index in [-0.39, 0.29) is 0 Å². The molecule has 0 atom stereocenters. The molecule has 0 unspecified atom stereocenters. The number of methoxy groups -OCH3 is 2. The lowest BCUT2D eigenvalue weighted by molar-refractivity contribution is 0.395. The van der Waals surface area contributed by atoms with E-state index in [4.69, 9.17) is 9.47 Å². The fraction of sp³-hybridized carbons (Fsp3) is 0.273. The average molecular weight is 378 g/mol. The van der Waals surface area contributed by atoms with Crippen molar-refractivity contribution in [3.8, 4) is 22.8 Å². The minimum atomic E-state index is 0.602. The Morgan fingerprint density at radius 1 is 0.929 bits per heavy atom. The van der Waals surface area contributed by atoms with Crippen molar-refractivity contribution < 1.29 is 9.47 Å². The zero-order chi connectivity index (χ0) is 19.8. The molecule has 0 spiro atoms. The normalized spacial score (nSPS) is 10.4. The van der Waals surface area contributed by atoms with Crippen molar-refractivity contribution >= 4 is 17.5 Å². The van der Waals surface area contributed by atoms with Crippen molar-refractivity contribution in [1.29, 1.82) is 0 Å². The van der Waals surface area contributed by atoms with E-state index in [1.54, 1.807) is 14.2 Å². The molecule has 0 amide bonds. The molecule has 1 aromatic heterocycles. The number of aromatic nitrogens is 2. The zero-order valence-corrected chi connectivity index (χ0v) is 16.5. The van der Waals surface area contributed by atoms with Crippen LogP contribution < -0.4 is 20.1 Å². The van der Waals surface area contributed by atoms with Gasteiger partial charge in [-0.15, -0.1) is 0 Å². The molecule has 0 saturated carbocycles. The minimum absolute atomic E-state index is 0.602. The SMILES string of the molecule is CCCCNc1nc(Nc2ccc(OC)cc2OC)cc(-c2ccccc2)n1. The highest BCUT2D eigenvalue weighted by Crippen LogP contribution is 2.32. The summed E-state index contributed by atoms with van der Waals surface area (Å²) in [5.41, 5.74) is 2.69. The number of rotatable bonds is 9. The Hall–Kier alpha value is -3.28. The second-order valence-corrected chi connectivity index (χ2v) is 6.30. The number of hydrogen-bond donors (Lipinski definition) is 2. The third-order valence-electron chi connectivity index (χ3n) is 4.28. The number of hydrogen-bond acceptors (Lipinski definition) is 6. The summed E-state index contributed by atoms with van der Waals surface area (Å²) in [5.74, 6) is 2.71. The highest BCUT2D eigenvalue weighted by atomic mass is 16.5. The molecule has 1 heterocycles. The van der Waals surface area contributed by atoms with Crippen LogP contribution in [0.1, 0.15) is 19.8 Å². The summed E-state index contributed by atoms with van der Waals surface area (Å²) in [6.07, 6.45) is 2.17. The summed E-state index contributed by atoms with van der Waals surface area (Å²) in [5, 5.41) is 6.66. The molecule has 0 fully saturated rings. The number of nitrogens with one attached hydrogen (secondary N) is 2. The van der Waals surface area contributed by atoms with Crippen LogP contribution in [0.4, 0.5) is 17.5 Å². The van der Waals surface area contributed by atoms with Crippen molar-refractivity contribution in [3.05, 3.63) is 54.6 Å². The van der Waals surface area contributed by atoms with Crippen LogP contribution in [-0.4, -0.2) is 30.7 Å². The van der Waals surface area contributed by atoms with Gasteiger partial charge in [-0.1, -0.05) is 43.7 Å². The van der Waals surface area contributed by atoms with Gasteiger partial charge >= 0.3 is 0 Å². The lowest BCUT2D eigenvalue weighted by atomic mass is 10.1. The smallest absolute Gasteiger partial charge is 0.225 e. The van der Waals surface area contributed by atoms with E-state index < -0.39 is 0 Å². The first-order chi connectivity index (χ1) is 13.7. The van der Waals surface area contributed by atoms with Gasteiger partial charge < -0.3 is 20.1 Å². The molecular weight excluding hydrogens is 352 g/mol. The second kappa shape index (κ2) is 9.60. The molecule has 2 N–H and O–H groups in total. The van der Waals surface area contributed by atoms with Crippen LogP contribution in [0.3, 0.4) is 0 Å². The van der Waals surface area contributed by atoms with Crippen molar-refractivity contribution in [2.24, 2.45) is 0 Å². The molecular formula is C22H26N4O2. The van der Waals surface area contributed by atoms with Crippen LogP contribution in [0.25, 0.3) is 11.3 Å². The number of anilines is 3. The fourth-order valence-electron chi connectivity index (χ4n) is 2.76. The molecule has 0 aliphatic carbocycles. The average Bonchev–Trinajstić information content (AvgIpc) is 2.74. The lowest BCUT2D eigenvalue weighted by Gasteiger charge is -2.14. The van der Waals surface area contributed by atoms with E-state index in [2.05, 4.69) is 27.5 Å². The van der Waals surface area contributed by atoms with Crippen LogP contribution in [-0.2, 0) is 0 Å². The first-order valence-electron chi connectivity index (χ1n) is 9.41. The summed E-state index contributed by atoms with van der Waals surface area (Å²) in [7, 11) is 3.26. The topological polar surface area (TPSA) is 68.3 Å². The van der Waals surface area contributed by atoms with E-state index >= 15 is 0 Å². The van der Waals surface area contributed by atoms with Crippen LogP contribution >= 0.6 is 0 Å². The molecule has 0 bridgehead atoms. The van der Waals surface area contributed by atoms with Gasteiger partial charge in [0.1, 0.15) is 17.3 Å². The van der Waals surface area contributed by atoms with Gasteiger partial charge in [0.25, 0.3) is 0 Å². The molecule has 3 aromatic rings. The van der Waals surface area contributed by atoms with Gasteiger partial charge in [-0.05, 0) is 18.6 Å². The summed E-state index contributed by atoms with van der Waals surface area (Å²) >= 11 is 0.